The fourth-order valence-electron chi connectivity index (χ4n) is 1.29. The van der Waals surface area contributed by atoms with Gasteiger partial charge in [0.15, 0.2) is 11.6 Å². The highest BCUT2D eigenvalue weighted by atomic mass is 16.7. The smallest absolute Gasteiger partial charge is 0.449 e. The lowest BCUT2D eigenvalue weighted by Crippen LogP contribution is -2.29. The molecular weight excluding hydrogens is 274 g/mol. The summed E-state index contributed by atoms with van der Waals surface area (Å²) >= 11 is 0. The van der Waals surface area contributed by atoms with Crippen LogP contribution in [0.5, 0.6) is 5.75 Å². The molecule has 1 heterocycles. The quantitative estimate of drug-likeness (QED) is 0.813. The van der Waals surface area contributed by atoms with Crippen LogP contribution >= 0.6 is 0 Å². The molecule has 0 radical (unpaired) electrons. The van der Waals surface area contributed by atoms with Gasteiger partial charge in [-0.25, -0.2) is 14.8 Å². The maximum atomic E-state index is 12.1. The van der Waals surface area contributed by atoms with Gasteiger partial charge in [0.05, 0.1) is 6.20 Å². The maximum absolute atomic E-state index is 12.1. The number of amides is 1. The number of rotatable bonds is 2. The lowest BCUT2D eigenvalue weighted by atomic mass is 9.95. The predicted molar refractivity (Wildman–Crippen MR) is 77.5 cm³/mol. The molecule has 1 aromatic heterocycles. The molecule has 7 heteroatoms. The SMILES string of the molecule is CC(C)(C)C(=O)Nc1nc(C(C)(C)C)ncc1OC(=O)O. The molecule has 0 aliphatic rings. The van der Waals surface area contributed by atoms with Crippen molar-refractivity contribution in [3.63, 3.8) is 0 Å². The van der Waals surface area contributed by atoms with Crippen LogP contribution < -0.4 is 10.1 Å². The second kappa shape index (κ2) is 5.67. The summed E-state index contributed by atoms with van der Waals surface area (Å²) in [5.74, 6) is 0.131. The molecular formula is C14H21N3O4. The van der Waals surface area contributed by atoms with Crippen LogP contribution in [0.25, 0.3) is 0 Å². The molecule has 116 valence electrons. The summed E-state index contributed by atoms with van der Waals surface area (Å²) in [5, 5.41) is 11.3. The molecule has 0 saturated heterocycles. The van der Waals surface area contributed by atoms with Crippen LogP contribution in [-0.4, -0.2) is 27.1 Å². The average molecular weight is 295 g/mol. The summed E-state index contributed by atoms with van der Waals surface area (Å²) in [6.45, 7) is 11.0. The van der Waals surface area contributed by atoms with E-state index in [1.54, 1.807) is 20.8 Å². The third-order valence-electron chi connectivity index (χ3n) is 2.54. The first-order valence-corrected chi connectivity index (χ1v) is 6.51. The minimum Gasteiger partial charge on any atom is -0.449 e. The number of carboxylic acid groups (broad SMARTS) is 1. The van der Waals surface area contributed by atoms with Crippen molar-refractivity contribution < 1.29 is 19.4 Å². The van der Waals surface area contributed by atoms with Crippen LogP contribution in [0.15, 0.2) is 6.20 Å². The summed E-state index contributed by atoms with van der Waals surface area (Å²) in [6.07, 6.45) is -0.242. The Bertz CT molecular complexity index is 556. The van der Waals surface area contributed by atoms with Crippen molar-refractivity contribution in [3.05, 3.63) is 12.0 Å². The molecule has 0 spiro atoms. The molecule has 0 fully saturated rings. The molecule has 1 rings (SSSR count). The second-order valence-corrected chi connectivity index (χ2v) is 6.73. The van der Waals surface area contributed by atoms with Gasteiger partial charge in [0.1, 0.15) is 5.82 Å². The van der Waals surface area contributed by atoms with Crippen molar-refractivity contribution in [2.75, 3.05) is 5.32 Å². The molecule has 0 atom stereocenters. The van der Waals surface area contributed by atoms with Crippen molar-refractivity contribution in [1.82, 2.24) is 9.97 Å². The Kier molecular flexibility index (Phi) is 4.56. The lowest BCUT2D eigenvalue weighted by molar-refractivity contribution is -0.123. The Morgan fingerprint density at radius 2 is 1.76 bits per heavy atom. The monoisotopic (exact) mass is 295 g/mol. The Hall–Kier alpha value is -2.18. The van der Waals surface area contributed by atoms with Crippen molar-refractivity contribution in [3.8, 4) is 5.75 Å². The summed E-state index contributed by atoms with van der Waals surface area (Å²) in [7, 11) is 0. The van der Waals surface area contributed by atoms with E-state index in [0.29, 0.717) is 5.82 Å². The van der Waals surface area contributed by atoms with Gasteiger partial charge in [0, 0.05) is 10.8 Å². The van der Waals surface area contributed by atoms with E-state index in [0.717, 1.165) is 0 Å². The Labute approximate surface area is 123 Å². The number of carbonyl (C=O) groups excluding carboxylic acids is 1. The van der Waals surface area contributed by atoms with Gasteiger partial charge >= 0.3 is 6.16 Å². The van der Waals surface area contributed by atoms with Crippen molar-refractivity contribution in [2.24, 2.45) is 5.41 Å². The Morgan fingerprint density at radius 3 is 2.19 bits per heavy atom. The molecule has 0 aliphatic carbocycles. The molecule has 1 aromatic rings. The number of aromatic nitrogens is 2. The van der Waals surface area contributed by atoms with Crippen LogP contribution in [0, 0.1) is 5.41 Å². The number of anilines is 1. The van der Waals surface area contributed by atoms with E-state index >= 15 is 0 Å². The zero-order chi connectivity index (χ0) is 16.4. The van der Waals surface area contributed by atoms with E-state index in [2.05, 4.69) is 20.0 Å². The predicted octanol–water partition coefficient (Wildman–Crippen LogP) is 2.82. The first-order valence-electron chi connectivity index (χ1n) is 6.51. The molecule has 0 aliphatic heterocycles. The topological polar surface area (TPSA) is 101 Å². The molecule has 0 bridgehead atoms. The number of nitrogens with one attached hydrogen (secondary N) is 1. The van der Waals surface area contributed by atoms with Crippen LogP contribution in [-0.2, 0) is 10.2 Å². The van der Waals surface area contributed by atoms with Gasteiger partial charge in [-0.15, -0.1) is 0 Å². The molecule has 0 saturated carbocycles. The number of carbonyl (C=O) groups is 2. The van der Waals surface area contributed by atoms with E-state index < -0.39 is 11.6 Å². The van der Waals surface area contributed by atoms with Crippen LogP contribution in [0.3, 0.4) is 0 Å². The van der Waals surface area contributed by atoms with Gasteiger partial charge < -0.3 is 15.2 Å². The maximum Gasteiger partial charge on any atom is 0.511 e. The fourth-order valence-corrected chi connectivity index (χ4v) is 1.29. The summed E-state index contributed by atoms with van der Waals surface area (Å²) in [4.78, 5) is 31.1. The number of nitrogens with zero attached hydrogens (tertiary/aromatic N) is 2. The average Bonchev–Trinajstić information content (AvgIpc) is 2.27. The van der Waals surface area contributed by atoms with E-state index in [-0.39, 0.29) is 22.9 Å². The number of hydrogen-bond donors (Lipinski definition) is 2. The standard InChI is InChI=1S/C14H21N3O4/c1-13(2,3)10-15-7-8(21-12(19)20)9(16-10)17-11(18)14(4,5)6/h7H,1-6H3,(H,19,20)(H,15,16,17,18). The lowest BCUT2D eigenvalue weighted by Gasteiger charge is -2.21. The molecule has 0 unspecified atom stereocenters. The summed E-state index contributed by atoms with van der Waals surface area (Å²) in [6, 6.07) is 0. The molecule has 0 aromatic carbocycles. The van der Waals surface area contributed by atoms with Crippen molar-refractivity contribution in [2.45, 2.75) is 47.0 Å². The molecule has 2 N–H and O–H groups in total. The van der Waals surface area contributed by atoms with Crippen LogP contribution in [0.2, 0.25) is 0 Å². The first-order chi connectivity index (χ1) is 9.41. The van der Waals surface area contributed by atoms with E-state index in [9.17, 15) is 9.59 Å². The van der Waals surface area contributed by atoms with Gasteiger partial charge in [-0.2, -0.15) is 0 Å². The third-order valence-corrected chi connectivity index (χ3v) is 2.54. The molecule has 1 amide bonds. The fraction of sp³-hybridized carbons (Fsp3) is 0.571. The van der Waals surface area contributed by atoms with Gasteiger partial charge in [-0.1, -0.05) is 41.5 Å². The normalized spacial score (nSPS) is 11.9. The summed E-state index contributed by atoms with van der Waals surface area (Å²) in [5.41, 5.74) is -0.990. The highest BCUT2D eigenvalue weighted by Crippen LogP contribution is 2.27. The highest BCUT2D eigenvalue weighted by molar-refractivity contribution is 5.95. The van der Waals surface area contributed by atoms with Crippen molar-refractivity contribution in [1.29, 1.82) is 0 Å². The van der Waals surface area contributed by atoms with E-state index in [1.807, 2.05) is 20.8 Å². The first kappa shape index (κ1) is 16.9. The largest absolute Gasteiger partial charge is 0.511 e. The molecule has 21 heavy (non-hydrogen) atoms. The van der Waals surface area contributed by atoms with Gasteiger partial charge in [-0.3, -0.25) is 4.79 Å². The Morgan fingerprint density at radius 1 is 1.19 bits per heavy atom. The van der Waals surface area contributed by atoms with Crippen LogP contribution in [0.1, 0.15) is 47.4 Å². The number of hydrogen-bond acceptors (Lipinski definition) is 5. The highest BCUT2D eigenvalue weighted by Gasteiger charge is 2.26. The van der Waals surface area contributed by atoms with Gasteiger partial charge in [0.2, 0.25) is 5.91 Å². The second-order valence-electron chi connectivity index (χ2n) is 6.73. The van der Waals surface area contributed by atoms with E-state index in [4.69, 9.17) is 5.11 Å². The van der Waals surface area contributed by atoms with E-state index in [1.165, 1.54) is 6.20 Å². The van der Waals surface area contributed by atoms with Crippen LogP contribution in [0.4, 0.5) is 10.6 Å². The summed E-state index contributed by atoms with van der Waals surface area (Å²) < 4.78 is 4.60. The zero-order valence-electron chi connectivity index (χ0n) is 13.1. The zero-order valence-corrected chi connectivity index (χ0v) is 13.1. The third kappa shape index (κ3) is 4.70. The Balaban J connectivity index is 3.23. The van der Waals surface area contributed by atoms with Crippen molar-refractivity contribution >= 4 is 17.9 Å². The minimum absolute atomic E-state index is 0.0530. The van der Waals surface area contributed by atoms with Gasteiger partial charge in [-0.05, 0) is 0 Å². The minimum atomic E-state index is -1.49. The number of ether oxygens (including phenoxy) is 1. The molecule has 7 nitrogen and oxygen atoms in total. The van der Waals surface area contributed by atoms with Gasteiger partial charge in [0.25, 0.3) is 0 Å².